The summed E-state index contributed by atoms with van der Waals surface area (Å²) in [5.41, 5.74) is 2.06. The number of fused-ring (bicyclic) bond motifs is 1. The second-order valence-corrected chi connectivity index (χ2v) is 8.01. The Balaban J connectivity index is 1.48. The van der Waals surface area contributed by atoms with Crippen LogP contribution in [-0.4, -0.2) is 57.1 Å². The van der Waals surface area contributed by atoms with Crippen LogP contribution in [0.1, 0.15) is 52.7 Å². The lowest BCUT2D eigenvalue weighted by atomic mass is 9.83. The maximum atomic E-state index is 13.2. The topological polar surface area (TPSA) is 58.4 Å². The zero-order valence-corrected chi connectivity index (χ0v) is 17.0. The molecule has 1 aromatic carbocycles. The van der Waals surface area contributed by atoms with Crippen LogP contribution >= 0.6 is 0 Å². The summed E-state index contributed by atoms with van der Waals surface area (Å²) in [4.78, 5) is 29.9. The number of halogens is 1. The number of likely N-dealkylation sites (tertiary alicyclic amines) is 2. The third-order valence-corrected chi connectivity index (χ3v) is 6.22. The summed E-state index contributed by atoms with van der Waals surface area (Å²) in [5, 5.41) is 4.41. The summed E-state index contributed by atoms with van der Waals surface area (Å²) in [7, 11) is 1.82. The molecule has 0 bridgehead atoms. The van der Waals surface area contributed by atoms with Gasteiger partial charge in [0.15, 0.2) is 0 Å². The molecule has 7 heteroatoms. The molecule has 0 spiro atoms. The molecule has 2 atom stereocenters. The molecule has 154 valence electrons. The minimum Gasteiger partial charge on any atom is -0.338 e. The van der Waals surface area contributed by atoms with Crippen molar-refractivity contribution in [2.45, 2.75) is 38.6 Å². The van der Waals surface area contributed by atoms with Crippen molar-refractivity contribution >= 4 is 11.8 Å². The van der Waals surface area contributed by atoms with E-state index in [2.05, 4.69) is 5.10 Å². The van der Waals surface area contributed by atoms with E-state index in [1.165, 1.54) is 24.3 Å². The Kier molecular flexibility index (Phi) is 5.39. The number of aromatic nitrogens is 2. The van der Waals surface area contributed by atoms with Gasteiger partial charge in [-0.15, -0.1) is 0 Å². The molecular weight excluding hydrogens is 371 g/mol. The van der Waals surface area contributed by atoms with Gasteiger partial charge < -0.3 is 9.80 Å². The van der Waals surface area contributed by atoms with E-state index in [0.717, 1.165) is 37.9 Å². The normalized spacial score (nSPS) is 21.8. The molecule has 2 aliphatic rings. The van der Waals surface area contributed by atoms with Crippen LogP contribution < -0.4 is 0 Å². The van der Waals surface area contributed by atoms with Crippen LogP contribution in [0.25, 0.3) is 0 Å². The average Bonchev–Trinajstić information content (AvgIpc) is 3.13. The van der Waals surface area contributed by atoms with Gasteiger partial charge in [-0.3, -0.25) is 14.3 Å². The molecule has 29 heavy (non-hydrogen) atoms. The number of amides is 2. The lowest BCUT2D eigenvalue weighted by Crippen LogP contribution is -2.56. The first kappa shape index (κ1) is 19.6. The monoisotopic (exact) mass is 398 g/mol. The van der Waals surface area contributed by atoms with Crippen molar-refractivity contribution in [1.82, 2.24) is 19.6 Å². The first-order valence-electron chi connectivity index (χ1n) is 10.4. The molecule has 0 radical (unpaired) electrons. The van der Waals surface area contributed by atoms with E-state index in [0.29, 0.717) is 24.3 Å². The van der Waals surface area contributed by atoms with E-state index >= 15 is 0 Å². The SMILES string of the molecule is CCc1cc(C(=O)N2CCC[C@@H]3CN(C(=O)c4ccc(F)cc4)CC[C@@H]32)n(C)n1. The van der Waals surface area contributed by atoms with Crippen LogP contribution in [0, 0.1) is 11.7 Å². The predicted molar refractivity (Wildman–Crippen MR) is 107 cm³/mol. The van der Waals surface area contributed by atoms with E-state index in [4.69, 9.17) is 0 Å². The van der Waals surface area contributed by atoms with Gasteiger partial charge in [-0.25, -0.2) is 4.39 Å². The number of carbonyl (C=O) groups excluding carboxylic acids is 2. The lowest BCUT2D eigenvalue weighted by Gasteiger charge is -2.47. The first-order valence-corrected chi connectivity index (χ1v) is 10.4. The zero-order valence-electron chi connectivity index (χ0n) is 17.0. The first-order chi connectivity index (χ1) is 14.0. The highest BCUT2D eigenvalue weighted by Gasteiger charge is 2.40. The van der Waals surface area contributed by atoms with Crippen molar-refractivity contribution in [2.24, 2.45) is 13.0 Å². The predicted octanol–water partition coefficient (Wildman–Crippen LogP) is 2.89. The van der Waals surface area contributed by atoms with Crippen molar-refractivity contribution < 1.29 is 14.0 Å². The highest BCUT2D eigenvalue weighted by Crippen LogP contribution is 2.32. The van der Waals surface area contributed by atoms with Crippen molar-refractivity contribution in [1.29, 1.82) is 0 Å². The Morgan fingerprint density at radius 1 is 1.14 bits per heavy atom. The molecule has 1 aromatic heterocycles. The molecule has 0 aliphatic carbocycles. The molecule has 0 unspecified atom stereocenters. The van der Waals surface area contributed by atoms with Crippen molar-refractivity contribution in [3.63, 3.8) is 0 Å². The summed E-state index contributed by atoms with van der Waals surface area (Å²) in [6.07, 6.45) is 3.51. The van der Waals surface area contributed by atoms with Crippen LogP contribution in [0.15, 0.2) is 30.3 Å². The Bertz CT molecular complexity index is 908. The van der Waals surface area contributed by atoms with Gasteiger partial charge in [0.25, 0.3) is 11.8 Å². The van der Waals surface area contributed by atoms with Gasteiger partial charge in [0, 0.05) is 38.3 Å². The second-order valence-electron chi connectivity index (χ2n) is 8.01. The third-order valence-electron chi connectivity index (χ3n) is 6.22. The fraction of sp³-hybridized carbons (Fsp3) is 0.500. The van der Waals surface area contributed by atoms with Crippen LogP contribution in [0.5, 0.6) is 0 Å². The highest BCUT2D eigenvalue weighted by atomic mass is 19.1. The van der Waals surface area contributed by atoms with E-state index in [1.54, 1.807) is 4.68 Å². The summed E-state index contributed by atoms with van der Waals surface area (Å²) < 4.78 is 14.8. The van der Waals surface area contributed by atoms with Crippen LogP contribution in [0.2, 0.25) is 0 Å². The van der Waals surface area contributed by atoms with E-state index in [9.17, 15) is 14.0 Å². The van der Waals surface area contributed by atoms with Crippen LogP contribution in [0.4, 0.5) is 4.39 Å². The molecule has 6 nitrogen and oxygen atoms in total. The number of hydrogen-bond donors (Lipinski definition) is 0. The molecule has 2 aromatic rings. The van der Waals surface area contributed by atoms with Crippen molar-refractivity contribution in [3.05, 3.63) is 53.1 Å². The van der Waals surface area contributed by atoms with Crippen molar-refractivity contribution in [3.8, 4) is 0 Å². The average molecular weight is 398 g/mol. The van der Waals surface area contributed by atoms with Gasteiger partial charge in [-0.05, 0) is 61.9 Å². The van der Waals surface area contributed by atoms with Gasteiger partial charge in [0.05, 0.1) is 5.69 Å². The van der Waals surface area contributed by atoms with Crippen LogP contribution in [-0.2, 0) is 13.5 Å². The van der Waals surface area contributed by atoms with Gasteiger partial charge in [-0.2, -0.15) is 5.10 Å². The fourth-order valence-corrected chi connectivity index (χ4v) is 4.66. The molecule has 0 N–H and O–H groups in total. The number of aryl methyl sites for hydroxylation is 2. The molecule has 2 amide bonds. The molecule has 3 heterocycles. The molecule has 2 aliphatic heterocycles. The number of nitrogens with zero attached hydrogens (tertiary/aromatic N) is 4. The number of hydrogen-bond acceptors (Lipinski definition) is 3. The van der Waals surface area contributed by atoms with Gasteiger partial charge >= 0.3 is 0 Å². The largest absolute Gasteiger partial charge is 0.338 e. The molecule has 2 fully saturated rings. The Morgan fingerprint density at radius 3 is 2.59 bits per heavy atom. The Labute approximate surface area is 170 Å². The maximum absolute atomic E-state index is 13.2. The second kappa shape index (κ2) is 7.97. The summed E-state index contributed by atoms with van der Waals surface area (Å²) in [6, 6.07) is 7.74. The van der Waals surface area contributed by atoms with Gasteiger partial charge in [0.2, 0.25) is 0 Å². The third kappa shape index (κ3) is 3.78. The van der Waals surface area contributed by atoms with Crippen molar-refractivity contribution in [2.75, 3.05) is 19.6 Å². The van der Waals surface area contributed by atoms with E-state index in [1.807, 2.05) is 29.8 Å². The maximum Gasteiger partial charge on any atom is 0.272 e. The molecular formula is C22H27FN4O2. The Hall–Kier alpha value is -2.70. The number of benzene rings is 1. The van der Waals surface area contributed by atoms with Crippen LogP contribution in [0.3, 0.4) is 0 Å². The minimum absolute atomic E-state index is 0.0349. The summed E-state index contributed by atoms with van der Waals surface area (Å²) >= 11 is 0. The lowest BCUT2D eigenvalue weighted by molar-refractivity contribution is 0.0191. The summed E-state index contributed by atoms with van der Waals surface area (Å²) in [5.74, 6) is -0.105. The summed E-state index contributed by atoms with van der Waals surface area (Å²) in [6.45, 7) is 4.02. The van der Waals surface area contributed by atoms with Gasteiger partial charge in [-0.1, -0.05) is 6.92 Å². The van der Waals surface area contributed by atoms with E-state index < -0.39 is 0 Å². The fourth-order valence-electron chi connectivity index (χ4n) is 4.66. The molecule has 0 saturated carbocycles. The smallest absolute Gasteiger partial charge is 0.272 e. The number of rotatable bonds is 3. The quantitative estimate of drug-likeness (QED) is 0.799. The van der Waals surface area contributed by atoms with Gasteiger partial charge in [0.1, 0.15) is 11.5 Å². The Morgan fingerprint density at radius 2 is 1.90 bits per heavy atom. The standard InChI is InChI=1S/C22H27FN4O2/c1-3-18-13-20(25(2)24-18)22(29)27-11-4-5-16-14-26(12-10-19(16)27)21(28)15-6-8-17(23)9-7-15/h6-9,13,16,19H,3-5,10-12,14H2,1-2H3/t16-,19+/m1/s1. The van der Waals surface area contributed by atoms with E-state index in [-0.39, 0.29) is 29.6 Å². The number of piperidine rings is 2. The number of carbonyl (C=O) groups is 2. The molecule has 2 saturated heterocycles. The minimum atomic E-state index is -0.344. The highest BCUT2D eigenvalue weighted by molar-refractivity contribution is 5.94. The molecule has 4 rings (SSSR count). The zero-order chi connectivity index (χ0) is 20.5.